The molecule has 0 radical (unpaired) electrons. The van der Waals surface area contributed by atoms with E-state index < -0.39 is 0 Å². The summed E-state index contributed by atoms with van der Waals surface area (Å²) >= 11 is 0. The van der Waals surface area contributed by atoms with Gasteiger partial charge in [-0.15, -0.1) is 0 Å². The molecule has 0 bridgehead atoms. The van der Waals surface area contributed by atoms with Crippen LogP contribution in [-0.4, -0.2) is 68.4 Å². The fourth-order valence-corrected chi connectivity index (χ4v) is 3.82. The van der Waals surface area contributed by atoms with Crippen LogP contribution in [0, 0.1) is 11.8 Å². The van der Waals surface area contributed by atoms with Crippen LogP contribution in [0.3, 0.4) is 0 Å². The molecule has 0 aromatic carbocycles. The van der Waals surface area contributed by atoms with Crippen LogP contribution < -0.4 is 0 Å². The van der Waals surface area contributed by atoms with Crippen LogP contribution in [0.5, 0.6) is 0 Å². The van der Waals surface area contributed by atoms with Crippen LogP contribution in [0.1, 0.15) is 25.2 Å². The van der Waals surface area contributed by atoms with Gasteiger partial charge in [-0.05, 0) is 18.8 Å². The first-order valence-corrected chi connectivity index (χ1v) is 9.22. The Balaban J connectivity index is 1.37. The summed E-state index contributed by atoms with van der Waals surface area (Å²) < 4.78 is 5.36. The monoisotopic (exact) mass is 370 g/mol. The molecule has 2 atom stereocenters. The Morgan fingerprint density at radius 3 is 2.96 bits per heavy atom. The van der Waals surface area contributed by atoms with E-state index in [1.54, 1.807) is 30.5 Å². The number of piperidine rings is 1. The molecule has 2 amide bonds. The summed E-state index contributed by atoms with van der Waals surface area (Å²) in [5, 5.41) is 3.97. The predicted molar refractivity (Wildman–Crippen MR) is 94.1 cm³/mol. The molecule has 0 saturated carbocycles. The molecule has 4 rings (SSSR count). The summed E-state index contributed by atoms with van der Waals surface area (Å²) in [6, 6.07) is 0. The number of aromatic nitrogens is 4. The maximum absolute atomic E-state index is 12.8. The van der Waals surface area contributed by atoms with Crippen molar-refractivity contribution < 1.29 is 14.1 Å². The van der Waals surface area contributed by atoms with E-state index in [9.17, 15) is 9.59 Å². The smallest absolute Gasteiger partial charge is 0.228 e. The molecule has 0 aliphatic carbocycles. The molecule has 2 aliphatic heterocycles. The van der Waals surface area contributed by atoms with Crippen molar-refractivity contribution in [1.82, 2.24) is 29.9 Å². The first-order valence-electron chi connectivity index (χ1n) is 9.22. The first-order chi connectivity index (χ1) is 13.1. The number of hydrogen-bond donors (Lipinski definition) is 0. The molecule has 142 valence electrons. The van der Waals surface area contributed by atoms with Crippen LogP contribution in [0.2, 0.25) is 0 Å². The van der Waals surface area contributed by atoms with E-state index in [2.05, 4.69) is 20.1 Å². The number of amides is 2. The lowest BCUT2D eigenvalue weighted by Crippen LogP contribution is -2.44. The highest BCUT2D eigenvalue weighted by atomic mass is 16.5. The summed E-state index contributed by atoms with van der Waals surface area (Å²) in [4.78, 5) is 40.6. The van der Waals surface area contributed by atoms with Crippen molar-refractivity contribution in [3.05, 3.63) is 24.5 Å². The number of carbonyl (C=O) groups excluding carboxylic acids is 2. The van der Waals surface area contributed by atoms with Crippen LogP contribution >= 0.6 is 0 Å². The number of carbonyl (C=O) groups is 2. The van der Waals surface area contributed by atoms with E-state index >= 15 is 0 Å². The molecular formula is C18H22N6O3. The average Bonchev–Trinajstić information content (AvgIpc) is 3.29. The van der Waals surface area contributed by atoms with E-state index in [0.29, 0.717) is 43.3 Å². The second kappa shape index (κ2) is 7.42. The van der Waals surface area contributed by atoms with Gasteiger partial charge in [0, 0.05) is 51.9 Å². The molecule has 2 unspecified atom stereocenters. The van der Waals surface area contributed by atoms with Crippen molar-refractivity contribution in [3.8, 4) is 11.5 Å². The zero-order valence-corrected chi connectivity index (χ0v) is 15.2. The standard InChI is InChI=1S/C18H22N6O3/c1-23-11-13(8-16(23)25)18(26)24-6-2-3-12(10-24)7-15-21-17(22-27-15)14-9-19-4-5-20-14/h4-5,9,12-13H,2-3,6-8,10-11H2,1H3. The minimum Gasteiger partial charge on any atom is -0.345 e. The average molecular weight is 370 g/mol. The third-order valence-corrected chi connectivity index (χ3v) is 5.24. The molecule has 2 fully saturated rings. The van der Waals surface area contributed by atoms with Crippen molar-refractivity contribution in [2.75, 3.05) is 26.7 Å². The molecule has 9 nitrogen and oxygen atoms in total. The Morgan fingerprint density at radius 2 is 2.22 bits per heavy atom. The third kappa shape index (κ3) is 3.81. The normalized spacial score (nSPS) is 23.1. The van der Waals surface area contributed by atoms with Gasteiger partial charge >= 0.3 is 0 Å². The van der Waals surface area contributed by atoms with Gasteiger partial charge in [-0.1, -0.05) is 5.16 Å². The second-order valence-corrected chi connectivity index (χ2v) is 7.27. The van der Waals surface area contributed by atoms with Gasteiger partial charge < -0.3 is 14.3 Å². The van der Waals surface area contributed by atoms with E-state index in [-0.39, 0.29) is 23.7 Å². The summed E-state index contributed by atoms with van der Waals surface area (Å²) in [7, 11) is 1.75. The molecule has 9 heteroatoms. The molecule has 0 N–H and O–H groups in total. The number of rotatable bonds is 4. The molecule has 2 aromatic rings. The molecule has 2 aliphatic rings. The molecule has 0 spiro atoms. The summed E-state index contributed by atoms with van der Waals surface area (Å²) in [5.41, 5.74) is 0.572. The van der Waals surface area contributed by atoms with Crippen LogP contribution in [0.4, 0.5) is 0 Å². The zero-order valence-electron chi connectivity index (χ0n) is 15.2. The molecule has 2 aromatic heterocycles. The fraction of sp³-hybridized carbons (Fsp3) is 0.556. The summed E-state index contributed by atoms with van der Waals surface area (Å²) in [6.45, 7) is 1.93. The van der Waals surface area contributed by atoms with Crippen molar-refractivity contribution in [2.24, 2.45) is 11.8 Å². The second-order valence-electron chi connectivity index (χ2n) is 7.27. The Hall–Kier alpha value is -2.84. The molecule has 4 heterocycles. The Morgan fingerprint density at radius 1 is 1.33 bits per heavy atom. The van der Waals surface area contributed by atoms with Gasteiger partial charge in [0.1, 0.15) is 5.69 Å². The Bertz CT molecular complexity index is 824. The van der Waals surface area contributed by atoms with Crippen molar-refractivity contribution in [2.45, 2.75) is 25.7 Å². The minimum absolute atomic E-state index is 0.0457. The number of hydrogen-bond acceptors (Lipinski definition) is 7. The first kappa shape index (κ1) is 17.6. The van der Waals surface area contributed by atoms with Gasteiger partial charge in [0.05, 0.1) is 12.1 Å². The highest BCUT2D eigenvalue weighted by molar-refractivity contribution is 5.89. The summed E-state index contributed by atoms with van der Waals surface area (Å²) in [5.74, 6) is 1.16. The van der Waals surface area contributed by atoms with Crippen molar-refractivity contribution >= 4 is 11.8 Å². The Kier molecular flexibility index (Phi) is 4.83. The van der Waals surface area contributed by atoms with Gasteiger partial charge in [-0.25, -0.2) is 4.98 Å². The van der Waals surface area contributed by atoms with Gasteiger partial charge in [-0.2, -0.15) is 4.98 Å². The van der Waals surface area contributed by atoms with Gasteiger partial charge in [0.25, 0.3) is 0 Å². The van der Waals surface area contributed by atoms with Gasteiger partial charge in [0.15, 0.2) is 0 Å². The quantitative estimate of drug-likeness (QED) is 0.783. The highest BCUT2D eigenvalue weighted by Crippen LogP contribution is 2.25. The maximum atomic E-state index is 12.8. The predicted octanol–water partition coefficient (Wildman–Crippen LogP) is 0.786. The van der Waals surface area contributed by atoms with Gasteiger partial charge in [0.2, 0.25) is 23.5 Å². The SMILES string of the molecule is CN1CC(C(=O)N2CCCC(Cc3nc(-c4cnccn4)no3)C2)CC1=O. The molecular weight excluding hydrogens is 348 g/mol. The minimum atomic E-state index is -0.215. The van der Waals surface area contributed by atoms with Crippen LogP contribution in [0.15, 0.2) is 23.1 Å². The lowest BCUT2D eigenvalue weighted by molar-refractivity contribution is -0.137. The Labute approximate surface area is 156 Å². The van der Waals surface area contributed by atoms with E-state index in [1.807, 2.05) is 4.90 Å². The van der Waals surface area contributed by atoms with Gasteiger partial charge in [-0.3, -0.25) is 14.6 Å². The fourth-order valence-electron chi connectivity index (χ4n) is 3.82. The van der Waals surface area contributed by atoms with E-state index in [0.717, 1.165) is 19.4 Å². The highest BCUT2D eigenvalue weighted by Gasteiger charge is 2.36. The zero-order chi connectivity index (χ0) is 18.8. The maximum Gasteiger partial charge on any atom is 0.228 e. The lowest BCUT2D eigenvalue weighted by Gasteiger charge is -2.33. The van der Waals surface area contributed by atoms with E-state index in [4.69, 9.17) is 4.52 Å². The third-order valence-electron chi connectivity index (χ3n) is 5.24. The topological polar surface area (TPSA) is 105 Å². The largest absolute Gasteiger partial charge is 0.345 e. The molecule has 2 saturated heterocycles. The van der Waals surface area contributed by atoms with Crippen LogP contribution in [-0.2, 0) is 16.0 Å². The van der Waals surface area contributed by atoms with Crippen molar-refractivity contribution in [1.29, 1.82) is 0 Å². The van der Waals surface area contributed by atoms with Crippen LogP contribution in [0.25, 0.3) is 11.5 Å². The summed E-state index contributed by atoms with van der Waals surface area (Å²) in [6.07, 6.45) is 7.67. The lowest BCUT2D eigenvalue weighted by atomic mass is 9.93. The van der Waals surface area contributed by atoms with Crippen molar-refractivity contribution in [3.63, 3.8) is 0 Å². The number of nitrogens with zero attached hydrogens (tertiary/aromatic N) is 6. The van der Waals surface area contributed by atoms with E-state index in [1.165, 1.54) is 0 Å². The molecule has 27 heavy (non-hydrogen) atoms. The number of likely N-dealkylation sites (tertiary alicyclic amines) is 2.